The Morgan fingerprint density at radius 2 is 1.24 bits per heavy atom. The monoisotopic (exact) mass is 254 g/mol. The van der Waals surface area contributed by atoms with E-state index in [1.165, 1.54) is 6.38 Å². The number of alkyl halides is 1. The van der Waals surface area contributed by atoms with E-state index in [1.54, 1.807) is 6.07 Å². The van der Waals surface area contributed by atoms with Crippen LogP contribution in [0.15, 0.2) is 42.5 Å². The largest absolute Gasteiger partial charge is 0.507 e. The van der Waals surface area contributed by atoms with E-state index in [-0.39, 0.29) is 0 Å². The summed E-state index contributed by atoms with van der Waals surface area (Å²) in [5.74, 6) is 0.350. The van der Waals surface area contributed by atoms with Gasteiger partial charge < -0.3 is 5.11 Å². The van der Waals surface area contributed by atoms with Crippen molar-refractivity contribution in [1.29, 1.82) is 0 Å². The van der Waals surface area contributed by atoms with Crippen LogP contribution in [0.1, 0.15) is 27.7 Å². The Kier molecular flexibility index (Phi) is 13.7. The van der Waals surface area contributed by atoms with Crippen molar-refractivity contribution in [2.75, 3.05) is 6.38 Å². The standard InChI is InChI=1S/C10H8O.2C2H6.CH3Cl/c11-10-7-3-5-8-4-1-2-6-9(8)10;3*1-2/h1-7,11H;2*1-2H3;1H3. The van der Waals surface area contributed by atoms with Crippen molar-refractivity contribution in [3.63, 3.8) is 0 Å². The Morgan fingerprint density at radius 1 is 0.765 bits per heavy atom. The Hall–Kier alpha value is -1.21. The summed E-state index contributed by atoms with van der Waals surface area (Å²) in [5, 5.41) is 11.4. The minimum atomic E-state index is 0.350. The molecule has 17 heavy (non-hydrogen) atoms. The van der Waals surface area contributed by atoms with E-state index in [0.29, 0.717) is 5.75 Å². The second kappa shape index (κ2) is 12.9. The van der Waals surface area contributed by atoms with Crippen LogP contribution < -0.4 is 0 Å². The van der Waals surface area contributed by atoms with Gasteiger partial charge >= 0.3 is 0 Å². The van der Waals surface area contributed by atoms with Crippen LogP contribution in [-0.2, 0) is 0 Å². The van der Waals surface area contributed by atoms with Crippen LogP contribution in [0.5, 0.6) is 5.75 Å². The summed E-state index contributed by atoms with van der Waals surface area (Å²) >= 11 is 4.64. The van der Waals surface area contributed by atoms with Gasteiger partial charge in [-0.25, -0.2) is 0 Å². The minimum Gasteiger partial charge on any atom is -0.507 e. The highest BCUT2D eigenvalue weighted by Crippen LogP contribution is 2.22. The van der Waals surface area contributed by atoms with Gasteiger partial charge in [0, 0.05) is 11.8 Å². The Bertz CT molecular complexity index is 380. The van der Waals surface area contributed by atoms with Gasteiger partial charge in [0.25, 0.3) is 0 Å². The number of phenols is 1. The third kappa shape index (κ3) is 6.18. The van der Waals surface area contributed by atoms with Crippen molar-refractivity contribution in [2.24, 2.45) is 0 Å². The molecule has 2 heteroatoms. The zero-order valence-corrected chi connectivity index (χ0v) is 12.1. The van der Waals surface area contributed by atoms with Gasteiger partial charge in [-0.05, 0) is 11.5 Å². The molecule has 0 saturated carbocycles. The molecule has 0 atom stereocenters. The zero-order chi connectivity index (χ0) is 13.7. The molecule has 0 aliphatic rings. The van der Waals surface area contributed by atoms with Gasteiger partial charge in [-0.3, -0.25) is 0 Å². The van der Waals surface area contributed by atoms with Gasteiger partial charge in [-0.15, -0.1) is 11.6 Å². The number of halogens is 1. The molecule has 0 bridgehead atoms. The lowest BCUT2D eigenvalue weighted by molar-refractivity contribution is 0.481. The van der Waals surface area contributed by atoms with Crippen molar-refractivity contribution in [2.45, 2.75) is 27.7 Å². The van der Waals surface area contributed by atoms with E-state index in [4.69, 9.17) is 0 Å². The van der Waals surface area contributed by atoms with E-state index in [2.05, 4.69) is 11.6 Å². The van der Waals surface area contributed by atoms with Gasteiger partial charge in [0.1, 0.15) is 5.75 Å². The first-order valence-electron chi connectivity index (χ1n) is 5.92. The number of hydrogen-bond acceptors (Lipinski definition) is 1. The van der Waals surface area contributed by atoms with Crippen LogP contribution in [0.2, 0.25) is 0 Å². The third-order valence-corrected chi connectivity index (χ3v) is 1.77. The SMILES string of the molecule is CC.CC.CCl.Oc1cccc2ccccc12. The fraction of sp³-hybridized carbons (Fsp3) is 0.333. The lowest BCUT2D eigenvalue weighted by Gasteiger charge is -1.97. The second-order valence-electron chi connectivity index (χ2n) is 2.50. The Labute approximate surface area is 110 Å². The van der Waals surface area contributed by atoms with Crippen LogP contribution in [0, 0.1) is 0 Å². The number of benzene rings is 2. The molecule has 0 aromatic heterocycles. The van der Waals surface area contributed by atoms with Crippen LogP contribution >= 0.6 is 11.6 Å². The molecule has 0 fully saturated rings. The van der Waals surface area contributed by atoms with E-state index in [1.807, 2.05) is 64.1 Å². The molecule has 0 radical (unpaired) electrons. The first-order chi connectivity index (χ1) is 8.38. The molecule has 1 N–H and O–H groups in total. The van der Waals surface area contributed by atoms with Crippen molar-refractivity contribution in [1.82, 2.24) is 0 Å². The number of rotatable bonds is 0. The fourth-order valence-electron chi connectivity index (χ4n) is 1.21. The number of aromatic hydroxyl groups is 1. The number of fused-ring (bicyclic) bond motifs is 1. The molecule has 0 heterocycles. The highest BCUT2D eigenvalue weighted by atomic mass is 35.5. The van der Waals surface area contributed by atoms with Crippen LogP contribution in [0.4, 0.5) is 0 Å². The quantitative estimate of drug-likeness (QED) is 0.620. The first-order valence-corrected chi connectivity index (χ1v) is 6.68. The normalized spacial score (nSPS) is 7.65. The highest BCUT2D eigenvalue weighted by Gasteiger charge is 1.94. The lowest BCUT2D eigenvalue weighted by Crippen LogP contribution is -1.70. The van der Waals surface area contributed by atoms with E-state index in [0.717, 1.165) is 10.8 Å². The fourth-order valence-corrected chi connectivity index (χ4v) is 1.21. The maximum absolute atomic E-state index is 9.37. The molecule has 0 aliphatic heterocycles. The van der Waals surface area contributed by atoms with Crippen LogP contribution in [0.3, 0.4) is 0 Å². The third-order valence-electron chi connectivity index (χ3n) is 1.77. The molecule has 2 rings (SSSR count). The van der Waals surface area contributed by atoms with Gasteiger partial charge in [-0.2, -0.15) is 0 Å². The number of phenolic OH excluding ortho intramolecular Hbond substituents is 1. The molecule has 2 aromatic carbocycles. The van der Waals surface area contributed by atoms with Gasteiger partial charge in [-0.1, -0.05) is 64.1 Å². The van der Waals surface area contributed by atoms with Gasteiger partial charge in [0.05, 0.1) is 0 Å². The smallest absolute Gasteiger partial charge is 0.123 e. The molecule has 0 spiro atoms. The second-order valence-corrected chi connectivity index (χ2v) is 2.50. The molecular formula is C15H23ClO. The van der Waals surface area contributed by atoms with Crippen molar-refractivity contribution >= 4 is 22.4 Å². The first kappa shape index (κ1) is 18.2. The predicted molar refractivity (Wildman–Crippen MR) is 80.1 cm³/mol. The maximum atomic E-state index is 9.37. The molecule has 0 saturated heterocycles. The van der Waals surface area contributed by atoms with E-state index >= 15 is 0 Å². The minimum absolute atomic E-state index is 0.350. The summed E-state index contributed by atoms with van der Waals surface area (Å²) in [6, 6.07) is 13.3. The van der Waals surface area contributed by atoms with Crippen molar-refractivity contribution < 1.29 is 5.11 Å². The molecule has 96 valence electrons. The number of hydrogen-bond donors (Lipinski definition) is 1. The summed E-state index contributed by atoms with van der Waals surface area (Å²) in [4.78, 5) is 0. The molecule has 0 amide bonds. The summed E-state index contributed by atoms with van der Waals surface area (Å²) in [6.45, 7) is 8.00. The molecule has 2 aromatic rings. The van der Waals surface area contributed by atoms with Crippen LogP contribution in [0.25, 0.3) is 10.8 Å². The average molecular weight is 255 g/mol. The summed E-state index contributed by atoms with van der Waals surface area (Å²) in [5.41, 5.74) is 0. The van der Waals surface area contributed by atoms with E-state index < -0.39 is 0 Å². The van der Waals surface area contributed by atoms with Gasteiger partial charge in [0.15, 0.2) is 0 Å². The summed E-state index contributed by atoms with van der Waals surface area (Å²) in [6.07, 6.45) is 1.47. The molecule has 0 unspecified atom stereocenters. The highest BCUT2D eigenvalue weighted by molar-refractivity contribution is 6.15. The van der Waals surface area contributed by atoms with Gasteiger partial charge in [0.2, 0.25) is 0 Å². The van der Waals surface area contributed by atoms with Crippen LogP contribution in [-0.4, -0.2) is 11.5 Å². The predicted octanol–water partition coefficient (Wildman–Crippen LogP) is 5.45. The maximum Gasteiger partial charge on any atom is 0.123 e. The molecular weight excluding hydrogens is 232 g/mol. The zero-order valence-electron chi connectivity index (χ0n) is 11.4. The topological polar surface area (TPSA) is 20.2 Å². The van der Waals surface area contributed by atoms with Crippen molar-refractivity contribution in [3.8, 4) is 5.75 Å². The Balaban J connectivity index is 0. The summed E-state index contributed by atoms with van der Waals surface area (Å²) in [7, 11) is 0. The summed E-state index contributed by atoms with van der Waals surface area (Å²) < 4.78 is 0. The van der Waals surface area contributed by atoms with Crippen molar-refractivity contribution in [3.05, 3.63) is 42.5 Å². The van der Waals surface area contributed by atoms with E-state index in [9.17, 15) is 5.11 Å². The molecule has 1 nitrogen and oxygen atoms in total. The Morgan fingerprint density at radius 3 is 1.76 bits per heavy atom. The average Bonchev–Trinajstić information content (AvgIpc) is 2.46. The lowest BCUT2D eigenvalue weighted by atomic mass is 10.1. The molecule has 0 aliphatic carbocycles.